The fourth-order valence-electron chi connectivity index (χ4n) is 1.51. The number of nitrogens with two attached hydrogens (primary N) is 1. The average molecular weight is 379 g/mol. The van der Waals surface area contributed by atoms with Gasteiger partial charge in [0.05, 0.1) is 3.79 Å². The fraction of sp³-hybridized carbons (Fsp3) is 0.400. The third-order valence-corrected chi connectivity index (χ3v) is 5.97. The van der Waals surface area contributed by atoms with E-state index in [1.165, 1.54) is 0 Å². The Morgan fingerprint density at radius 3 is 2.82 bits per heavy atom. The predicted molar refractivity (Wildman–Crippen MR) is 72.0 cm³/mol. The Labute approximate surface area is 119 Å². The molecule has 4 nitrogen and oxygen atoms in total. The van der Waals surface area contributed by atoms with E-state index in [4.69, 9.17) is 10.3 Å². The molecule has 1 aliphatic rings. The first kappa shape index (κ1) is 11.8. The summed E-state index contributed by atoms with van der Waals surface area (Å²) in [6, 6.07) is 1.66. The highest BCUT2D eigenvalue weighted by Gasteiger charge is 2.30. The third kappa shape index (κ3) is 2.33. The predicted octanol–water partition coefficient (Wildman–Crippen LogP) is 3.58. The van der Waals surface area contributed by atoms with E-state index in [2.05, 4.69) is 42.0 Å². The van der Waals surface area contributed by atoms with Crippen LogP contribution in [0.1, 0.15) is 41.4 Å². The largest absolute Gasteiger partial charge is 0.339 e. The molecule has 2 N–H and O–H groups in total. The normalized spacial score (nSPS) is 17.4. The molecule has 17 heavy (non-hydrogen) atoms. The summed E-state index contributed by atoms with van der Waals surface area (Å²) in [5.41, 5.74) is 6.12. The van der Waals surface area contributed by atoms with E-state index in [1.807, 2.05) is 6.07 Å². The van der Waals surface area contributed by atoms with Gasteiger partial charge in [0.15, 0.2) is 5.82 Å². The third-order valence-electron chi connectivity index (χ3n) is 2.63. The van der Waals surface area contributed by atoms with Crippen LogP contribution in [0.3, 0.4) is 0 Å². The lowest BCUT2D eigenvalue weighted by Crippen LogP contribution is -2.12. The molecule has 2 aromatic rings. The van der Waals surface area contributed by atoms with Gasteiger partial charge >= 0.3 is 0 Å². The maximum absolute atomic E-state index is 6.12. The molecule has 1 aliphatic carbocycles. The molecular weight excluding hydrogens is 370 g/mol. The molecule has 0 spiro atoms. The average Bonchev–Trinajstić information content (AvgIpc) is 2.95. The van der Waals surface area contributed by atoms with Gasteiger partial charge in [-0.2, -0.15) is 4.98 Å². The van der Waals surface area contributed by atoms with Crippen molar-refractivity contribution in [2.75, 3.05) is 0 Å². The van der Waals surface area contributed by atoms with Gasteiger partial charge in [0.1, 0.15) is 6.04 Å². The van der Waals surface area contributed by atoms with Crippen LogP contribution in [0.4, 0.5) is 0 Å². The van der Waals surface area contributed by atoms with Crippen LogP contribution in [0.25, 0.3) is 0 Å². The minimum atomic E-state index is -0.321. The standard InChI is InChI=1S/C10H9Br2N3OS/c11-5-3-6(17-8(5)12)7(13)9-14-10(16-15-9)4-1-2-4/h3-4,7H,1-2,13H2. The number of hydrogen-bond acceptors (Lipinski definition) is 5. The smallest absolute Gasteiger partial charge is 0.229 e. The lowest BCUT2D eigenvalue weighted by molar-refractivity contribution is 0.372. The fourth-order valence-corrected chi connectivity index (χ4v) is 3.60. The zero-order valence-corrected chi connectivity index (χ0v) is 12.7. The second kappa shape index (κ2) is 4.46. The number of nitrogens with zero attached hydrogens (tertiary/aromatic N) is 2. The van der Waals surface area contributed by atoms with Crippen LogP contribution in [0, 0.1) is 0 Å². The van der Waals surface area contributed by atoms with Crippen molar-refractivity contribution >= 4 is 43.2 Å². The van der Waals surface area contributed by atoms with Crippen molar-refractivity contribution in [1.29, 1.82) is 0 Å². The molecule has 90 valence electrons. The van der Waals surface area contributed by atoms with E-state index in [0.29, 0.717) is 11.7 Å². The Kier molecular flexibility index (Phi) is 3.10. The SMILES string of the molecule is NC(c1noc(C2CC2)n1)c1cc(Br)c(Br)s1. The maximum atomic E-state index is 6.12. The second-order valence-electron chi connectivity index (χ2n) is 4.01. The first-order valence-electron chi connectivity index (χ1n) is 5.19. The summed E-state index contributed by atoms with van der Waals surface area (Å²) in [6.45, 7) is 0. The minimum Gasteiger partial charge on any atom is -0.339 e. The van der Waals surface area contributed by atoms with Gasteiger partial charge in [-0.25, -0.2) is 0 Å². The molecule has 0 aliphatic heterocycles. The van der Waals surface area contributed by atoms with Crippen LogP contribution in [0.2, 0.25) is 0 Å². The zero-order valence-electron chi connectivity index (χ0n) is 8.69. The van der Waals surface area contributed by atoms with Gasteiger partial charge in [0.25, 0.3) is 0 Å². The van der Waals surface area contributed by atoms with Crippen LogP contribution < -0.4 is 5.73 Å². The van der Waals surface area contributed by atoms with Crippen molar-refractivity contribution < 1.29 is 4.52 Å². The summed E-state index contributed by atoms with van der Waals surface area (Å²) in [7, 11) is 0. The van der Waals surface area contributed by atoms with E-state index in [-0.39, 0.29) is 6.04 Å². The first-order chi connectivity index (χ1) is 8.15. The molecule has 2 heterocycles. The molecule has 1 fully saturated rings. The van der Waals surface area contributed by atoms with Crippen LogP contribution in [-0.2, 0) is 0 Å². The van der Waals surface area contributed by atoms with Crippen molar-refractivity contribution in [3.8, 4) is 0 Å². The Balaban J connectivity index is 1.86. The summed E-state index contributed by atoms with van der Waals surface area (Å²) < 4.78 is 7.23. The van der Waals surface area contributed by atoms with Gasteiger partial charge in [0, 0.05) is 15.3 Å². The summed E-state index contributed by atoms with van der Waals surface area (Å²) >= 11 is 8.46. The van der Waals surface area contributed by atoms with E-state index in [9.17, 15) is 0 Å². The zero-order chi connectivity index (χ0) is 12.0. The topological polar surface area (TPSA) is 64.9 Å². The number of rotatable bonds is 3. The lowest BCUT2D eigenvalue weighted by atomic mass is 10.2. The van der Waals surface area contributed by atoms with Gasteiger partial charge in [-0.1, -0.05) is 5.16 Å². The van der Waals surface area contributed by atoms with Crippen molar-refractivity contribution in [3.05, 3.63) is 30.9 Å². The lowest BCUT2D eigenvalue weighted by Gasteiger charge is -2.01. The van der Waals surface area contributed by atoms with E-state index in [0.717, 1.165) is 31.9 Å². The molecule has 2 aromatic heterocycles. The second-order valence-corrected chi connectivity index (χ2v) is 7.27. The summed E-state index contributed by atoms with van der Waals surface area (Å²) in [4.78, 5) is 5.37. The van der Waals surface area contributed by atoms with Crippen LogP contribution in [0.5, 0.6) is 0 Å². The molecule has 3 rings (SSSR count). The molecule has 0 bridgehead atoms. The quantitative estimate of drug-likeness (QED) is 0.886. The van der Waals surface area contributed by atoms with E-state index in [1.54, 1.807) is 11.3 Å². The Morgan fingerprint density at radius 2 is 2.24 bits per heavy atom. The number of hydrogen-bond donors (Lipinski definition) is 1. The monoisotopic (exact) mass is 377 g/mol. The van der Waals surface area contributed by atoms with Crippen LogP contribution in [0.15, 0.2) is 18.8 Å². The van der Waals surface area contributed by atoms with Gasteiger partial charge < -0.3 is 10.3 Å². The molecule has 0 amide bonds. The van der Waals surface area contributed by atoms with Crippen molar-refractivity contribution in [2.24, 2.45) is 5.73 Å². The molecule has 0 radical (unpaired) electrons. The van der Waals surface area contributed by atoms with Crippen molar-refractivity contribution in [3.63, 3.8) is 0 Å². The van der Waals surface area contributed by atoms with Gasteiger partial charge in [-0.15, -0.1) is 11.3 Å². The highest BCUT2D eigenvalue weighted by atomic mass is 79.9. The summed E-state index contributed by atoms with van der Waals surface area (Å²) in [5.74, 6) is 1.75. The highest BCUT2D eigenvalue weighted by molar-refractivity contribution is 9.13. The Hall–Kier alpha value is -0.240. The number of halogens is 2. The highest BCUT2D eigenvalue weighted by Crippen LogP contribution is 2.40. The van der Waals surface area contributed by atoms with Gasteiger partial charge in [-0.3, -0.25) is 0 Å². The minimum absolute atomic E-state index is 0.321. The van der Waals surface area contributed by atoms with Crippen molar-refractivity contribution in [1.82, 2.24) is 10.1 Å². The molecule has 7 heteroatoms. The molecule has 1 unspecified atom stereocenters. The summed E-state index contributed by atoms with van der Waals surface area (Å²) in [5, 5.41) is 3.96. The Bertz CT molecular complexity index is 530. The number of aromatic nitrogens is 2. The van der Waals surface area contributed by atoms with Crippen LogP contribution >= 0.6 is 43.2 Å². The van der Waals surface area contributed by atoms with Crippen LogP contribution in [-0.4, -0.2) is 10.1 Å². The molecule has 1 atom stereocenters. The molecule has 0 aromatic carbocycles. The van der Waals surface area contributed by atoms with Gasteiger partial charge in [0.2, 0.25) is 5.89 Å². The molecule has 0 saturated heterocycles. The van der Waals surface area contributed by atoms with Gasteiger partial charge in [-0.05, 0) is 50.8 Å². The molecular formula is C10H9Br2N3OS. The van der Waals surface area contributed by atoms with E-state index < -0.39 is 0 Å². The first-order valence-corrected chi connectivity index (χ1v) is 7.59. The number of thiophene rings is 1. The molecule has 1 saturated carbocycles. The maximum Gasteiger partial charge on any atom is 0.229 e. The summed E-state index contributed by atoms with van der Waals surface area (Å²) in [6.07, 6.45) is 2.29. The van der Waals surface area contributed by atoms with E-state index >= 15 is 0 Å². The van der Waals surface area contributed by atoms with Crippen molar-refractivity contribution in [2.45, 2.75) is 24.8 Å². The Morgan fingerprint density at radius 1 is 1.47 bits per heavy atom.